The second-order valence-electron chi connectivity index (χ2n) is 5.32. The molecular formula is C15H18F3N5O. The number of halogens is 3. The Bertz CT molecular complexity index is 657. The van der Waals surface area contributed by atoms with Crippen molar-refractivity contribution < 1.29 is 18.0 Å². The number of hydrogen-bond acceptors (Lipinski definition) is 3. The minimum absolute atomic E-state index is 0.000639. The fourth-order valence-corrected chi connectivity index (χ4v) is 2.19. The number of nitrogens with one attached hydrogen (secondary N) is 3. The van der Waals surface area contributed by atoms with E-state index in [1.165, 1.54) is 24.5 Å². The van der Waals surface area contributed by atoms with E-state index in [2.05, 4.69) is 20.5 Å². The number of rotatable bonds is 6. The molecule has 1 aromatic carbocycles. The number of aromatic nitrogens is 3. The number of nitrogens with zero attached hydrogens (tertiary/aromatic N) is 2. The van der Waals surface area contributed by atoms with Gasteiger partial charge >= 0.3 is 12.2 Å². The smallest absolute Gasteiger partial charge is 0.338 e. The Morgan fingerprint density at radius 2 is 2.17 bits per heavy atom. The second-order valence-corrected chi connectivity index (χ2v) is 5.32. The standard InChI is InChI=1S/C15H18F3N5O/c1-10-4-2-5-11(8-10)13(15(16,17)18)22-14(24)19-7-3-6-12-20-9-21-23-12/h2,4-5,8-9,13H,3,6-7H2,1H3,(H2,19,22,24)(H,20,21,23)/t13-/m1/s1. The highest BCUT2D eigenvalue weighted by molar-refractivity contribution is 5.74. The number of carbonyl (C=O) groups is 1. The summed E-state index contributed by atoms with van der Waals surface area (Å²) in [4.78, 5) is 15.7. The van der Waals surface area contributed by atoms with E-state index in [4.69, 9.17) is 0 Å². The van der Waals surface area contributed by atoms with E-state index in [0.717, 1.165) is 0 Å². The van der Waals surface area contributed by atoms with Crippen LogP contribution in [0.25, 0.3) is 0 Å². The number of benzene rings is 1. The second kappa shape index (κ2) is 7.80. The summed E-state index contributed by atoms with van der Waals surface area (Å²) in [5.41, 5.74) is 0.690. The zero-order valence-electron chi connectivity index (χ0n) is 13.0. The highest BCUT2D eigenvalue weighted by atomic mass is 19.4. The van der Waals surface area contributed by atoms with Crippen molar-refractivity contribution in [1.82, 2.24) is 25.8 Å². The van der Waals surface area contributed by atoms with Gasteiger partial charge in [0.1, 0.15) is 12.2 Å². The highest BCUT2D eigenvalue weighted by Crippen LogP contribution is 2.32. The summed E-state index contributed by atoms with van der Waals surface area (Å²) in [6.07, 6.45) is -2.14. The summed E-state index contributed by atoms with van der Waals surface area (Å²) in [6, 6.07) is 3.06. The zero-order chi connectivity index (χ0) is 17.6. The Morgan fingerprint density at radius 1 is 1.38 bits per heavy atom. The predicted octanol–water partition coefficient (Wildman–Crippen LogP) is 2.65. The van der Waals surface area contributed by atoms with E-state index in [9.17, 15) is 18.0 Å². The Labute approximate surface area is 136 Å². The molecule has 0 unspecified atom stereocenters. The molecule has 0 radical (unpaired) electrons. The maximum atomic E-state index is 13.2. The van der Waals surface area contributed by atoms with Crippen LogP contribution >= 0.6 is 0 Å². The number of carbonyl (C=O) groups excluding carboxylic acids is 1. The Kier molecular flexibility index (Phi) is 5.78. The molecular weight excluding hydrogens is 323 g/mol. The Hall–Kier alpha value is -2.58. The normalized spacial score (nSPS) is 12.7. The van der Waals surface area contributed by atoms with Crippen molar-refractivity contribution >= 4 is 6.03 Å². The van der Waals surface area contributed by atoms with Crippen molar-refractivity contribution in [3.8, 4) is 0 Å². The van der Waals surface area contributed by atoms with Gasteiger partial charge in [-0.05, 0) is 18.9 Å². The van der Waals surface area contributed by atoms with Crippen molar-refractivity contribution in [2.24, 2.45) is 0 Å². The summed E-state index contributed by atoms with van der Waals surface area (Å²) in [7, 11) is 0. The molecule has 1 aromatic heterocycles. The average molecular weight is 341 g/mol. The number of aryl methyl sites for hydroxylation is 2. The molecule has 0 saturated carbocycles. The molecule has 3 N–H and O–H groups in total. The van der Waals surface area contributed by atoms with Crippen LogP contribution in [-0.4, -0.2) is 33.9 Å². The lowest BCUT2D eigenvalue weighted by Crippen LogP contribution is -2.43. The zero-order valence-corrected chi connectivity index (χ0v) is 13.0. The van der Waals surface area contributed by atoms with Crippen LogP contribution in [0.3, 0.4) is 0 Å². The molecule has 0 fully saturated rings. The van der Waals surface area contributed by atoms with Crippen LogP contribution in [0, 0.1) is 6.92 Å². The fraction of sp³-hybridized carbons (Fsp3) is 0.400. The lowest BCUT2D eigenvalue weighted by molar-refractivity contribution is -0.154. The van der Waals surface area contributed by atoms with Gasteiger partial charge in [0.15, 0.2) is 6.04 Å². The van der Waals surface area contributed by atoms with Crippen molar-refractivity contribution in [2.75, 3.05) is 6.54 Å². The number of hydrogen-bond donors (Lipinski definition) is 3. The van der Waals surface area contributed by atoms with E-state index in [1.54, 1.807) is 13.0 Å². The van der Waals surface area contributed by atoms with E-state index in [1.807, 2.05) is 5.32 Å². The van der Waals surface area contributed by atoms with Crippen molar-refractivity contribution in [3.05, 3.63) is 47.5 Å². The third-order valence-corrected chi connectivity index (χ3v) is 3.32. The molecule has 2 rings (SSSR count). The summed E-state index contributed by atoms with van der Waals surface area (Å²) >= 11 is 0. The van der Waals surface area contributed by atoms with Gasteiger partial charge in [-0.1, -0.05) is 29.8 Å². The molecule has 0 saturated heterocycles. The molecule has 0 bridgehead atoms. The number of amides is 2. The molecule has 0 aliphatic heterocycles. The van der Waals surface area contributed by atoms with Gasteiger partial charge < -0.3 is 10.6 Å². The maximum Gasteiger partial charge on any atom is 0.412 e. The highest BCUT2D eigenvalue weighted by Gasteiger charge is 2.41. The average Bonchev–Trinajstić information content (AvgIpc) is 3.01. The molecule has 0 aliphatic carbocycles. The molecule has 1 atom stereocenters. The van der Waals surface area contributed by atoms with Gasteiger partial charge in [0, 0.05) is 13.0 Å². The quantitative estimate of drug-likeness (QED) is 0.707. The summed E-state index contributed by atoms with van der Waals surface area (Å²) < 4.78 is 39.6. The van der Waals surface area contributed by atoms with Gasteiger partial charge in [-0.2, -0.15) is 18.3 Å². The SMILES string of the molecule is Cc1cccc([C@@H](NC(=O)NCCCc2ncn[nH]2)C(F)(F)F)c1. The predicted molar refractivity (Wildman–Crippen MR) is 81.2 cm³/mol. The molecule has 0 spiro atoms. The third-order valence-electron chi connectivity index (χ3n) is 3.32. The van der Waals surface area contributed by atoms with Crippen LogP contribution in [0.2, 0.25) is 0 Å². The van der Waals surface area contributed by atoms with Gasteiger partial charge in [0.25, 0.3) is 0 Å². The van der Waals surface area contributed by atoms with E-state index < -0.39 is 18.2 Å². The number of alkyl halides is 3. The molecule has 130 valence electrons. The maximum absolute atomic E-state index is 13.2. The Morgan fingerprint density at radius 3 is 2.79 bits per heavy atom. The van der Waals surface area contributed by atoms with Crippen LogP contribution in [0.5, 0.6) is 0 Å². The van der Waals surface area contributed by atoms with Crippen LogP contribution in [0.4, 0.5) is 18.0 Å². The first-order chi connectivity index (χ1) is 11.4. The molecule has 6 nitrogen and oxygen atoms in total. The largest absolute Gasteiger partial charge is 0.412 e. The van der Waals surface area contributed by atoms with Gasteiger partial charge in [-0.15, -0.1) is 0 Å². The fourth-order valence-electron chi connectivity index (χ4n) is 2.19. The van der Waals surface area contributed by atoms with Crippen LogP contribution in [0.1, 0.15) is 29.4 Å². The minimum atomic E-state index is -4.58. The first-order valence-electron chi connectivity index (χ1n) is 7.38. The summed E-state index contributed by atoms with van der Waals surface area (Å²) in [5, 5.41) is 10.8. The lowest BCUT2D eigenvalue weighted by Gasteiger charge is -2.22. The minimum Gasteiger partial charge on any atom is -0.338 e. The molecule has 24 heavy (non-hydrogen) atoms. The van der Waals surface area contributed by atoms with E-state index in [-0.39, 0.29) is 12.1 Å². The van der Waals surface area contributed by atoms with Crippen molar-refractivity contribution in [2.45, 2.75) is 32.0 Å². The lowest BCUT2D eigenvalue weighted by atomic mass is 10.0. The number of H-pyrrole nitrogens is 1. The van der Waals surface area contributed by atoms with Crippen LogP contribution < -0.4 is 10.6 Å². The molecule has 2 aromatic rings. The first-order valence-corrected chi connectivity index (χ1v) is 7.38. The topological polar surface area (TPSA) is 82.7 Å². The Balaban J connectivity index is 1.88. The summed E-state index contributed by atoms with van der Waals surface area (Å²) in [5.74, 6) is 0.658. The molecule has 9 heteroatoms. The van der Waals surface area contributed by atoms with Crippen molar-refractivity contribution in [3.63, 3.8) is 0 Å². The third kappa shape index (κ3) is 5.25. The first kappa shape index (κ1) is 17.8. The number of aromatic amines is 1. The molecule has 0 aliphatic rings. The summed E-state index contributed by atoms with van der Waals surface area (Å²) in [6.45, 7) is 1.92. The van der Waals surface area contributed by atoms with Crippen molar-refractivity contribution in [1.29, 1.82) is 0 Å². The number of urea groups is 1. The van der Waals surface area contributed by atoms with Gasteiger partial charge in [-0.3, -0.25) is 5.10 Å². The van der Waals surface area contributed by atoms with E-state index in [0.29, 0.717) is 24.2 Å². The van der Waals surface area contributed by atoms with Crippen LogP contribution in [0.15, 0.2) is 30.6 Å². The molecule has 2 amide bonds. The monoisotopic (exact) mass is 341 g/mol. The van der Waals surface area contributed by atoms with Crippen LogP contribution in [-0.2, 0) is 6.42 Å². The van der Waals surface area contributed by atoms with Gasteiger partial charge in [-0.25, -0.2) is 9.78 Å². The van der Waals surface area contributed by atoms with Gasteiger partial charge in [0.05, 0.1) is 0 Å². The van der Waals surface area contributed by atoms with E-state index >= 15 is 0 Å². The van der Waals surface area contributed by atoms with Gasteiger partial charge in [0.2, 0.25) is 0 Å². The molecule has 1 heterocycles.